The van der Waals surface area contributed by atoms with Gasteiger partial charge >= 0.3 is 5.97 Å². The van der Waals surface area contributed by atoms with Gasteiger partial charge in [0.05, 0.1) is 17.6 Å². The van der Waals surface area contributed by atoms with Crippen molar-refractivity contribution in [1.29, 1.82) is 0 Å². The number of hydrogen-bond donors (Lipinski definition) is 0. The Labute approximate surface area is 211 Å². The molecule has 0 spiro atoms. The van der Waals surface area contributed by atoms with Gasteiger partial charge in [-0.2, -0.15) is 0 Å². The third kappa shape index (κ3) is 4.57. The first-order valence-electron chi connectivity index (χ1n) is 11.3. The molecule has 1 aromatic heterocycles. The van der Waals surface area contributed by atoms with Crippen LogP contribution in [0, 0.1) is 0 Å². The summed E-state index contributed by atoms with van der Waals surface area (Å²) in [5.41, 5.74) is 3.18. The van der Waals surface area contributed by atoms with Crippen molar-refractivity contribution in [1.82, 2.24) is 9.80 Å². The average molecular weight is 503 g/mol. The number of furan rings is 1. The number of hydrogen-bond acceptors (Lipinski definition) is 7. The molecular formula is C27H22N2O6S. The fraction of sp³-hybridized carbons (Fsp3) is 0.185. The fourth-order valence-corrected chi connectivity index (χ4v) is 5.09. The molecule has 0 atom stereocenters. The first-order valence-corrected chi connectivity index (χ1v) is 12.1. The summed E-state index contributed by atoms with van der Waals surface area (Å²) in [5.74, 6) is -0.542. The van der Waals surface area contributed by atoms with E-state index in [9.17, 15) is 19.2 Å². The molecule has 1 fully saturated rings. The molecule has 0 saturated carbocycles. The van der Waals surface area contributed by atoms with Crippen LogP contribution in [0.4, 0.5) is 4.79 Å². The minimum atomic E-state index is -0.538. The molecule has 2 aliphatic heterocycles. The summed E-state index contributed by atoms with van der Waals surface area (Å²) in [4.78, 5) is 53.3. The smallest absolute Gasteiger partial charge is 0.338 e. The van der Waals surface area contributed by atoms with E-state index in [1.54, 1.807) is 41.3 Å². The van der Waals surface area contributed by atoms with Gasteiger partial charge in [-0.25, -0.2) is 4.79 Å². The van der Waals surface area contributed by atoms with Gasteiger partial charge in [0, 0.05) is 24.7 Å². The van der Waals surface area contributed by atoms with Crippen LogP contribution in [0.1, 0.15) is 27.2 Å². The number of nitrogens with zero attached hydrogens (tertiary/aromatic N) is 2. The molecule has 0 aliphatic carbocycles. The molecule has 182 valence electrons. The summed E-state index contributed by atoms with van der Waals surface area (Å²) in [7, 11) is 1.30. The normalized spacial score (nSPS) is 16.4. The zero-order valence-electron chi connectivity index (χ0n) is 19.4. The van der Waals surface area contributed by atoms with Gasteiger partial charge in [0.1, 0.15) is 18.1 Å². The van der Waals surface area contributed by atoms with E-state index >= 15 is 0 Å². The molecule has 0 unspecified atom stereocenters. The van der Waals surface area contributed by atoms with Crippen molar-refractivity contribution >= 4 is 40.9 Å². The molecule has 3 heterocycles. The number of esters is 1. The van der Waals surface area contributed by atoms with Crippen molar-refractivity contribution in [2.75, 3.05) is 20.2 Å². The average Bonchev–Trinajstić information content (AvgIpc) is 3.48. The lowest BCUT2D eigenvalue weighted by Crippen LogP contribution is -2.44. The van der Waals surface area contributed by atoms with Crippen LogP contribution in [0.3, 0.4) is 0 Å². The van der Waals surface area contributed by atoms with Crippen molar-refractivity contribution in [3.8, 4) is 11.3 Å². The van der Waals surface area contributed by atoms with Crippen LogP contribution in [0.5, 0.6) is 0 Å². The lowest BCUT2D eigenvalue weighted by molar-refractivity contribution is -0.136. The molecule has 5 rings (SSSR count). The van der Waals surface area contributed by atoms with Crippen molar-refractivity contribution in [3.05, 3.63) is 88.0 Å². The second kappa shape index (κ2) is 9.87. The van der Waals surface area contributed by atoms with Crippen LogP contribution >= 0.6 is 11.8 Å². The van der Waals surface area contributed by atoms with Crippen molar-refractivity contribution < 1.29 is 28.3 Å². The number of carbonyl (C=O) groups excluding carboxylic acids is 4. The molecule has 3 aromatic rings. The Hall–Kier alpha value is -4.11. The van der Waals surface area contributed by atoms with E-state index in [1.807, 2.05) is 24.3 Å². The van der Waals surface area contributed by atoms with Crippen molar-refractivity contribution in [2.45, 2.75) is 13.0 Å². The summed E-state index contributed by atoms with van der Waals surface area (Å²) in [6.07, 6.45) is 2.21. The summed E-state index contributed by atoms with van der Waals surface area (Å²) in [6, 6.07) is 18.1. The van der Waals surface area contributed by atoms with E-state index in [2.05, 4.69) is 0 Å². The summed E-state index contributed by atoms with van der Waals surface area (Å²) < 4.78 is 10.7. The maximum absolute atomic E-state index is 12.9. The van der Waals surface area contributed by atoms with Crippen LogP contribution < -0.4 is 0 Å². The monoisotopic (exact) mass is 502 g/mol. The van der Waals surface area contributed by atoms with E-state index in [0.29, 0.717) is 35.7 Å². The highest BCUT2D eigenvalue weighted by Crippen LogP contribution is 2.34. The van der Waals surface area contributed by atoms with Gasteiger partial charge < -0.3 is 14.1 Å². The third-order valence-electron chi connectivity index (χ3n) is 6.15. The SMILES string of the molecule is COC(=O)c1ccccc1-c1ccc(/C=C2\SC(=O)N(CC(=O)N3CCc4ccccc4C3)C2=O)o1. The number of ether oxygens (including phenoxy) is 1. The Morgan fingerprint density at radius 2 is 1.78 bits per heavy atom. The highest BCUT2D eigenvalue weighted by Gasteiger charge is 2.37. The molecule has 1 saturated heterocycles. The van der Waals surface area contributed by atoms with Gasteiger partial charge in [-0.15, -0.1) is 0 Å². The Bertz CT molecular complexity index is 1410. The van der Waals surface area contributed by atoms with Crippen LogP contribution in [-0.4, -0.2) is 53.0 Å². The molecule has 36 heavy (non-hydrogen) atoms. The zero-order valence-corrected chi connectivity index (χ0v) is 20.2. The number of benzene rings is 2. The minimum absolute atomic E-state index is 0.166. The Balaban J connectivity index is 1.29. The molecule has 2 aromatic carbocycles. The standard InChI is InChI=1S/C27H22N2O6S/c1-34-26(32)21-9-5-4-8-20(21)22-11-10-19(35-22)14-23-25(31)29(27(33)36-23)16-24(30)28-13-12-17-6-2-3-7-18(17)15-28/h2-11,14H,12-13,15-16H2,1H3/b23-14-. The van der Waals surface area contributed by atoms with Gasteiger partial charge in [-0.1, -0.05) is 42.5 Å². The first kappa shape index (κ1) is 23.6. The van der Waals surface area contributed by atoms with Gasteiger partial charge in [0.15, 0.2) is 0 Å². The number of imide groups is 1. The third-order valence-corrected chi connectivity index (χ3v) is 7.06. The van der Waals surface area contributed by atoms with Gasteiger partial charge in [-0.05, 0) is 47.5 Å². The van der Waals surface area contributed by atoms with Gasteiger partial charge in [0.2, 0.25) is 5.91 Å². The molecule has 8 nitrogen and oxygen atoms in total. The van der Waals surface area contributed by atoms with Crippen molar-refractivity contribution in [3.63, 3.8) is 0 Å². The van der Waals surface area contributed by atoms with E-state index < -0.39 is 17.1 Å². The molecule has 3 amide bonds. The van der Waals surface area contributed by atoms with E-state index in [0.717, 1.165) is 28.6 Å². The predicted octanol–water partition coefficient (Wildman–Crippen LogP) is 4.35. The summed E-state index contributed by atoms with van der Waals surface area (Å²) in [5, 5.41) is -0.500. The Morgan fingerprint density at radius 1 is 1.03 bits per heavy atom. The number of carbonyl (C=O) groups is 4. The number of fused-ring (bicyclic) bond motifs is 1. The number of rotatable bonds is 5. The molecular weight excluding hydrogens is 480 g/mol. The number of methoxy groups -OCH3 is 1. The quantitative estimate of drug-likeness (QED) is 0.378. The van der Waals surface area contributed by atoms with Gasteiger partial charge in [-0.3, -0.25) is 19.3 Å². The second-order valence-corrected chi connectivity index (χ2v) is 9.33. The maximum atomic E-state index is 12.9. The topological polar surface area (TPSA) is 97.1 Å². The largest absolute Gasteiger partial charge is 0.465 e. The molecule has 0 N–H and O–H groups in total. The first-order chi connectivity index (χ1) is 17.4. The molecule has 9 heteroatoms. The predicted molar refractivity (Wildman–Crippen MR) is 134 cm³/mol. The lowest BCUT2D eigenvalue weighted by atomic mass is 10.00. The fourth-order valence-electron chi connectivity index (χ4n) is 4.27. The van der Waals surface area contributed by atoms with E-state index in [4.69, 9.17) is 9.15 Å². The Kier molecular flexibility index (Phi) is 6.47. The van der Waals surface area contributed by atoms with Gasteiger partial charge in [0.25, 0.3) is 11.1 Å². The minimum Gasteiger partial charge on any atom is -0.465 e. The number of thioether (sulfide) groups is 1. The van der Waals surface area contributed by atoms with E-state index in [1.165, 1.54) is 18.7 Å². The second-order valence-electron chi connectivity index (χ2n) is 8.34. The highest BCUT2D eigenvalue weighted by atomic mass is 32.2. The molecule has 2 aliphatic rings. The molecule has 0 bridgehead atoms. The maximum Gasteiger partial charge on any atom is 0.338 e. The Morgan fingerprint density at radius 3 is 2.58 bits per heavy atom. The lowest BCUT2D eigenvalue weighted by Gasteiger charge is -2.29. The van der Waals surface area contributed by atoms with Crippen molar-refractivity contribution in [2.24, 2.45) is 0 Å². The highest BCUT2D eigenvalue weighted by molar-refractivity contribution is 8.18. The zero-order chi connectivity index (χ0) is 25.2. The summed E-state index contributed by atoms with van der Waals surface area (Å²) >= 11 is 0.764. The van der Waals surface area contributed by atoms with Crippen LogP contribution in [-0.2, 0) is 27.3 Å². The summed E-state index contributed by atoms with van der Waals surface area (Å²) in [6.45, 7) is 0.702. The van der Waals surface area contributed by atoms with Crippen LogP contribution in [0.25, 0.3) is 17.4 Å². The number of amides is 3. The molecule has 0 radical (unpaired) electrons. The van der Waals surface area contributed by atoms with Crippen LogP contribution in [0.2, 0.25) is 0 Å². The van der Waals surface area contributed by atoms with E-state index in [-0.39, 0.29) is 17.4 Å². The van der Waals surface area contributed by atoms with Crippen LogP contribution in [0.15, 0.2) is 70.0 Å².